The van der Waals surface area contributed by atoms with Gasteiger partial charge in [0, 0.05) is 12.0 Å². The number of hydrogen-bond acceptors (Lipinski definition) is 6. The summed E-state index contributed by atoms with van der Waals surface area (Å²) in [4.78, 5) is 40.4. The predicted molar refractivity (Wildman–Crippen MR) is 156 cm³/mol. The third-order valence-electron chi connectivity index (χ3n) is 7.96. The average molecular weight is 613 g/mol. The number of nitrogens with zero attached hydrogens (tertiary/aromatic N) is 1. The van der Waals surface area contributed by atoms with E-state index in [1.807, 2.05) is 44.2 Å². The molecule has 0 aromatic heterocycles. The summed E-state index contributed by atoms with van der Waals surface area (Å²) in [6, 6.07) is 14.3. The fourth-order valence-corrected chi connectivity index (χ4v) is 5.38. The molecular weight excluding hydrogens is 577 g/mol. The van der Waals surface area contributed by atoms with Crippen molar-refractivity contribution in [3.63, 3.8) is 0 Å². The lowest BCUT2D eigenvalue weighted by Crippen LogP contribution is -2.74. The van der Waals surface area contributed by atoms with Crippen LogP contribution in [0.5, 0.6) is 5.75 Å². The van der Waals surface area contributed by atoms with Gasteiger partial charge in [-0.25, -0.2) is 14.5 Å². The van der Waals surface area contributed by atoms with Gasteiger partial charge in [0.15, 0.2) is 6.23 Å². The number of halogens is 3. The van der Waals surface area contributed by atoms with Crippen LogP contribution < -0.4 is 10.1 Å². The lowest BCUT2D eigenvalue weighted by molar-refractivity contribution is -0.303. The number of nitrogens with one attached hydrogen (secondary N) is 1. The molecule has 1 aliphatic heterocycles. The zero-order valence-electron chi connectivity index (χ0n) is 24.5. The standard InChI is InChI=1S/C33H35F3N2O6/c1-4-10-27(23-13-19-26(20-14-23)44-33(34,35)36)37-31(41)38-29(40)32(5-2,6-3)30(38)43-25-17-15-24(16-18-25)28(39)42-21-22-11-8-7-9-12-22/h4,7-9,11-13,15-20,23,27,30H,1,5-6,10,14,21H2,2-3H3,(H,37,41)/t23?,27-,30+/m1/s1. The first-order valence-electron chi connectivity index (χ1n) is 14.4. The Balaban J connectivity index is 1.43. The van der Waals surface area contributed by atoms with E-state index in [2.05, 4.69) is 16.6 Å². The first-order valence-corrected chi connectivity index (χ1v) is 14.4. The number of rotatable bonds is 12. The van der Waals surface area contributed by atoms with Crippen molar-refractivity contribution in [3.05, 3.63) is 102 Å². The maximum Gasteiger partial charge on any atom is 0.573 e. The molecule has 1 N–H and O–H groups in total. The van der Waals surface area contributed by atoms with Crippen LogP contribution in [0.15, 0.2) is 91.2 Å². The number of likely N-dealkylation sites (tertiary alicyclic amines) is 1. The van der Waals surface area contributed by atoms with Crippen LogP contribution in [0, 0.1) is 11.3 Å². The molecule has 2 aromatic rings. The van der Waals surface area contributed by atoms with Gasteiger partial charge in [0.2, 0.25) is 5.91 Å². The van der Waals surface area contributed by atoms with Gasteiger partial charge in [-0.05, 0) is 67.7 Å². The van der Waals surface area contributed by atoms with Crippen LogP contribution in [0.3, 0.4) is 0 Å². The summed E-state index contributed by atoms with van der Waals surface area (Å²) in [5, 5.41) is 2.85. The topological polar surface area (TPSA) is 94.2 Å². The lowest BCUT2D eigenvalue weighted by atomic mass is 9.72. The number of esters is 1. The van der Waals surface area contributed by atoms with E-state index in [1.165, 1.54) is 18.2 Å². The molecule has 0 saturated carbocycles. The van der Waals surface area contributed by atoms with Gasteiger partial charge >= 0.3 is 18.4 Å². The summed E-state index contributed by atoms with van der Waals surface area (Å²) in [6.07, 6.45) is 1.27. The molecule has 2 aromatic carbocycles. The molecule has 234 valence electrons. The summed E-state index contributed by atoms with van der Waals surface area (Å²) >= 11 is 0. The van der Waals surface area contributed by atoms with Crippen molar-refractivity contribution in [3.8, 4) is 5.75 Å². The monoisotopic (exact) mass is 612 g/mol. The summed E-state index contributed by atoms with van der Waals surface area (Å²) in [5.74, 6) is -1.22. The minimum absolute atomic E-state index is 0.129. The number of ether oxygens (including phenoxy) is 3. The Labute approximate surface area is 254 Å². The Morgan fingerprint density at radius 2 is 1.80 bits per heavy atom. The molecule has 44 heavy (non-hydrogen) atoms. The first-order chi connectivity index (χ1) is 21.0. The van der Waals surface area contributed by atoms with Crippen LogP contribution in [-0.4, -0.2) is 41.4 Å². The highest BCUT2D eigenvalue weighted by atomic mass is 19.4. The largest absolute Gasteiger partial charge is 0.573 e. The number of benzene rings is 2. The number of imide groups is 1. The highest BCUT2D eigenvalue weighted by molar-refractivity contribution is 6.03. The second-order valence-electron chi connectivity index (χ2n) is 10.6. The fourth-order valence-electron chi connectivity index (χ4n) is 5.38. The third-order valence-corrected chi connectivity index (χ3v) is 7.96. The van der Waals surface area contributed by atoms with E-state index in [0.29, 0.717) is 30.6 Å². The Hall–Kier alpha value is -4.54. The maximum atomic E-state index is 13.5. The van der Waals surface area contributed by atoms with Gasteiger partial charge in [-0.1, -0.05) is 56.3 Å². The van der Waals surface area contributed by atoms with Crippen LogP contribution in [0.1, 0.15) is 55.5 Å². The fraction of sp³-hybridized carbons (Fsp3) is 0.364. The second kappa shape index (κ2) is 13.8. The van der Waals surface area contributed by atoms with Gasteiger partial charge in [0.1, 0.15) is 23.5 Å². The number of urea groups is 1. The molecule has 1 unspecified atom stereocenters. The van der Waals surface area contributed by atoms with E-state index in [4.69, 9.17) is 9.47 Å². The molecule has 0 radical (unpaired) electrons. The van der Waals surface area contributed by atoms with E-state index >= 15 is 0 Å². The summed E-state index contributed by atoms with van der Waals surface area (Å²) in [5.41, 5.74) is 0.238. The Kier molecular flexibility index (Phi) is 10.2. The van der Waals surface area contributed by atoms with Crippen LogP contribution in [0.25, 0.3) is 0 Å². The Morgan fingerprint density at radius 1 is 1.11 bits per heavy atom. The molecule has 2 aliphatic rings. The molecule has 0 bridgehead atoms. The second-order valence-corrected chi connectivity index (χ2v) is 10.6. The minimum atomic E-state index is -4.80. The quantitative estimate of drug-likeness (QED) is 0.157. The normalized spacial score (nSPS) is 19.7. The van der Waals surface area contributed by atoms with Gasteiger partial charge < -0.3 is 19.5 Å². The highest BCUT2D eigenvalue weighted by Gasteiger charge is 2.63. The minimum Gasteiger partial charge on any atom is -0.469 e. The van der Waals surface area contributed by atoms with Crippen molar-refractivity contribution in [2.75, 3.05) is 0 Å². The maximum absolute atomic E-state index is 13.5. The average Bonchev–Trinajstić information content (AvgIpc) is 3.00. The van der Waals surface area contributed by atoms with Crippen molar-refractivity contribution < 1.29 is 41.8 Å². The molecule has 3 amide bonds. The number of amides is 3. The van der Waals surface area contributed by atoms with Crippen molar-refractivity contribution in [1.82, 2.24) is 10.2 Å². The van der Waals surface area contributed by atoms with Crippen molar-refractivity contribution in [2.24, 2.45) is 11.3 Å². The van der Waals surface area contributed by atoms with Gasteiger partial charge in [-0.15, -0.1) is 19.8 Å². The molecule has 8 nitrogen and oxygen atoms in total. The molecule has 1 fully saturated rings. The van der Waals surface area contributed by atoms with Gasteiger partial charge in [0.05, 0.1) is 5.56 Å². The van der Waals surface area contributed by atoms with Crippen molar-refractivity contribution >= 4 is 17.9 Å². The van der Waals surface area contributed by atoms with Crippen LogP contribution in [0.4, 0.5) is 18.0 Å². The summed E-state index contributed by atoms with van der Waals surface area (Å²) in [6.45, 7) is 7.55. The summed E-state index contributed by atoms with van der Waals surface area (Å²) < 4.78 is 53.3. The Bertz CT molecular complexity index is 1400. The number of β-lactam (4-membered cyclic amide) rings is 1. The number of alkyl halides is 3. The molecule has 1 heterocycles. The first kappa shape index (κ1) is 32.4. The number of carbonyl (C=O) groups is 3. The molecule has 0 spiro atoms. The molecule has 11 heteroatoms. The number of hydrogen-bond donors (Lipinski definition) is 1. The molecule has 3 atom stereocenters. The lowest BCUT2D eigenvalue weighted by Gasteiger charge is -2.53. The van der Waals surface area contributed by atoms with Crippen LogP contribution in [-0.2, 0) is 20.9 Å². The molecule has 1 saturated heterocycles. The van der Waals surface area contributed by atoms with Crippen molar-refractivity contribution in [2.45, 2.75) is 64.8 Å². The van der Waals surface area contributed by atoms with E-state index in [1.54, 1.807) is 30.3 Å². The molecule has 1 aliphatic carbocycles. The van der Waals surface area contributed by atoms with Gasteiger partial charge in [-0.3, -0.25) is 4.79 Å². The van der Waals surface area contributed by atoms with E-state index < -0.39 is 36.0 Å². The Morgan fingerprint density at radius 3 is 2.36 bits per heavy atom. The molecular formula is C33H35F3N2O6. The SMILES string of the molecule is C=CC[C@@H](NC(=O)N1C(=O)C(CC)(CC)[C@@H]1Oc1ccc(C(=O)OCc2ccccc2)cc1)C1C=CC(OC(F)(F)F)=CC1. The highest BCUT2D eigenvalue weighted by Crippen LogP contribution is 2.46. The number of carbonyl (C=O) groups excluding carboxylic acids is 3. The zero-order chi connectivity index (χ0) is 31.9. The predicted octanol–water partition coefficient (Wildman–Crippen LogP) is 7.05. The van der Waals surface area contributed by atoms with E-state index in [9.17, 15) is 27.6 Å². The zero-order valence-corrected chi connectivity index (χ0v) is 24.5. The van der Waals surface area contributed by atoms with E-state index in [-0.39, 0.29) is 30.6 Å². The van der Waals surface area contributed by atoms with Gasteiger partial charge in [-0.2, -0.15) is 0 Å². The van der Waals surface area contributed by atoms with Crippen molar-refractivity contribution in [1.29, 1.82) is 0 Å². The van der Waals surface area contributed by atoms with Crippen LogP contribution >= 0.6 is 0 Å². The smallest absolute Gasteiger partial charge is 0.469 e. The van der Waals surface area contributed by atoms with Crippen LogP contribution in [0.2, 0.25) is 0 Å². The van der Waals surface area contributed by atoms with E-state index in [0.717, 1.165) is 10.5 Å². The number of allylic oxidation sites excluding steroid dienone is 2. The summed E-state index contributed by atoms with van der Waals surface area (Å²) in [7, 11) is 0. The third kappa shape index (κ3) is 7.32. The van der Waals surface area contributed by atoms with Gasteiger partial charge in [0.25, 0.3) is 0 Å². The molecule has 4 rings (SSSR count).